The van der Waals surface area contributed by atoms with Gasteiger partial charge in [0.15, 0.2) is 0 Å². The molecule has 15 heavy (non-hydrogen) atoms. The molecule has 0 fully saturated rings. The van der Waals surface area contributed by atoms with Crippen LogP contribution in [0.15, 0.2) is 18.2 Å². The highest BCUT2D eigenvalue weighted by Gasteiger charge is 2.09. The van der Waals surface area contributed by atoms with Gasteiger partial charge in [-0.15, -0.1) is 12.4 Å². The van der Waals surface area contributed by atoms with Crippen LogP contribution in [0.3, 0.4) is 0 Å². The molecule has 0 aliphatic rings. The van der Waals surface area contributed by atoms with Crippen molar-refractivity contribution in [2.24, 2.45) is 0 Å². The van der Waals surface area contributed by atoms with Crippen LogP contribution in [0.2, 0.25) is 0 Å². The molecule has 0 aliphatic heterocycles. The van der Waals surface area contributed by atoms with E-state index in [-0.39, 0.29) is 12.4 Å². The highest BCUT2D eigenvalue weighted by atomic mass is 35.5. The summed E-state index contributed by atoms with van der Waals surface area (Å²) < 4.78 is 0. The Bertz CT molecular complexity index is 352. The fourth-order valence-electron chi connectivity index (χ4n) is 1.14. The van der Waals surface area contributed by atoms with Crippen molar-refractivity contribution in [3.05, 3.63) is 29.3 Å². The molecular formula is C11H16ClNO2. The molecule has 0 aromatic heterocycles. The van der Waals surface area contributed by atoms with Gasteiger partial charge < -0.3 is 10.4 Å². The largest absolute Gasteiger partial charge is 0.480 e. The third-order valence-electron chi connectivity index (χ3n) is 2.26. The molecule has 0 saturated heterocycles. The van der Waals surface area contributed by atoms with Crippen molar-refractivity contribution in [1.82, 2.24) is 0 Å². The molecule has 3 nitrogen and oxygen atoms in total. The lowest BCUT2D eigenvalue weighted by Gasteiger charge is -2.11. The molecule has 1 aromatic carbocycles. The van der Waals surface area contributed by atoms with E-state index in [2.05, 4.69) is 5.32 Å². The van der Waals surface area contributed by atoms with Crippen molar-refractivity contribution in [3.63, 3.8) is 0 Å². The van der Waals surface area contributed by atoms with Crippen LogP contribution < -0.4 is 5.32 Å². The van der Waals surface area contributed by atoms with Gasteiger partial charge in [0, 0.05) is 5.69 Å². The number of anilines is 1. The lowest BCUT2D eigenvalue weighted by Crippen LogP contribution is -2.25. The van der Waals surface area contributed by atoms with E-state index in [9.17, 15) is 4.79 Å². The Morgan fingerprint density at radius 3 is 2.40 bits per heavy atom. The summed E-state index contributed by atoms with van der Waals surface area (Å²) in [4.78, 5) is 10.6. The zero-order valence-corrected chi connectivity index (χ0v) is 9.89. The minimum Gasteiger partial charge on any atom is -0.480 e. The smallest absolute Gasteiger partial charge is 0.325 e. The summed E-state index contributed by atoms with van der Waals surface area (Å²) in [6, 6.07) is 5.26. The molecule has 0 radical (unpaired) electrons. The van der Waals surface area contributed by atoms with Crippen molar-refractivity contribution in [3.8, 4) is 0 Å². The first-order valence-corrected chi connectivity index (χ1v) is 4.57. The van der Waals surface area contributed by atoms with Crippen molar-refractivity contribution in [1.29, 1.82) is 0 Å². The summed E-state index contributed by atoms with van der Waals surface area (Å²) in [6.45, 7) is 5.66. The van der Waals surface area contributed by atoms with Crippen molar-refractivity contribution < 1.29 is 9.90 Å². The quantitative estimate of drug-likeness (QED) is 0.838. The second-order valence-electron chi connectivity index (χ2n) is 3.50. The Kier molecular flexibility index (Phi) is 5.15. The summed E-state index contributed by atoms with van der Waals surface area (Å²) in [7, 11) is 0. The summed E-state index contributed by atoms with van der Waals surface area (Å²) in [5, 5.41) is 11.6. The standard InChI is InChI=1S/C11H15NO2.ClH/c1-7-4-5-10(6-8(7)2)12-9(3)11(13)14;/h4-6,9,12H,1-3H3,(H,13,14);1H/t9-;/m1./s1. The van der Waals surface area contributed by atoms with Gasteiger partial charge >= 0.3 is 5.97 Å². The molecular weight excluding hydrogens is 214 g/mol. The van der Waals surface area contributed by atoms with Gasteiger partial charge in [0.05, 0.1) is 0 Å². The molecule has 84 valence electrons. The number of benzene rings is 1. The number of halogens is 1. The Hall–Kier alpha value is -1.22. The highest BCUT2D eigenvalue weighted by molar-refractivity contribution is 5.85. The van der Waals surface area contributed by atoms with E-state index in [0.29, 0.717) is 0 Å². The monoisotopic (exact) mass is 229 g/mol. The number of carboxylic acids is 1. The third-order valence-corrected chi connectivity index (χ3v) is 2.26. The minimum atomic E-state index is -0.844. The average molecular weight is 230 g/mol. The van der Waals surface area contributed by atoms with Gasteiger partial charge in [-0.25, -0.2) is 0 Å². The maximum Gasteiger partial charge on any atom is 0.325 e. The lowest BCUT2D eigenvalue weighted by atomic mass is 10.1. The first-order valence-electron chi connectivity index (χ1n) is 4.57. The van der Waals surface area contributed by atoms with E-state index in [0.717, 1.165) is 11.3 Å². The van der Waals surface area contributed by atoms with Crippen molar-refractivity contribution in [2.45, 2.75) is 26.8 Å². The van der Waals surface area contributed by atoms with Gasteiger partial charge in [-0.3, -0.25) is 4.79 Å². The molecule has 1 aromatic rings. The Balaban J connectivity index is 0.00000196. The van der Waals surface area contributed by atoms with E-state index < -0.39 is 12.0 Å². The zero-order valence-electron chi connectivity index (χ0n) is 9.07. The molecule has 2 N–H and O–H groups in total. The normalized spacial score (nSPS) is 11.4. The van der Waals surface area contributed by atoms with Crippen LogP contribution in [-0.2, 0) is 4.79 Å². The molecule has 4 heteroatoms. The fraction of sp³-hybridized carbons (Fsp3) is 0.364. The molecule has 0 spiro atoms. The second-order valence-corrected chi connectivity index (χ2v) is 3.50. The zero-order chi connectivity index (χ0) is 10.7. The van der Waals surface area contributed by atoms with Crippen LogP contribution in [-0.4, -0.2) is 17.1 Å². The summed E-state index contributed by atoms with van der Waals surface area (Å²) in [5.74, 6) is -0.844. The first-order chi connectivity index (χ1) is 6.50. The summed E-state index contributed by atoms with van der Waals surface area (Å²) >= 11 is 0. The number of aliphatic carboxylic acids is 1. The van der Waals surface area contributed by atoms with Crippen LogP contribution in [0.5, 0.6) is 0 Å². The molecule has 0 heterocycles. The number of carbonyl (C=O) groups is 1. The van der Waals surface area contributed by atoms with Crippen LogP contribution in [0, 0.1) is 13.8 Å². The predicted molar refractivity (Wildman–Crippen MR) is 63.9 cm³/mol. The summed E-state index contributed by atoms with van der Waals surface area (Å²) in [5.41, 5.74) is 3.22. The maximum atomic E-state index is 10.6. The number of hydrogen-bond acceptors (Lipinski definition) is 2. The van der Waals surface area contributed by atoms with E-state index in [1.165, 1.54) is 5.56 Å². The number of rotatable bonds is 3. The second kappa shape index (κ2) is 5.61. The molecule has 0 aliphatic carbocycles. The van der Waals surface area contributed by atoms with Crippen LogP contribution >= 0.6 is 12.4 Å². The minimum absolute atomic E-state index is 0. The van der Waals surface area contributed by atoms with Crippen molar-refractivity contribution in [2.75, 3.05) is 5.32 Å². The van der Waals surface area contributed by atoms with E-state index >= 15 is 0 Å². The van der Waals surface area contributed by atoms with E-state index in [4.69, 9.17) is 5.11 Å². The molecule has 0 saturated carbocycles. The maximum absolute atomic E-state index is 10.6. The van der Waals surface area contributed by atoms with Gasteiger partial charge in [-0.1, -0.05) is 6.07 Å². The van der Waals surface area contributed by atoms with Crippen LogP contribution in [0.1, 0.15) is 18.1 Å². The van der Waals surface area contributed by atoms with E-state index in [1.807, 2.05) is 32.0 Å². The highest BCUT2D eigenvalue weighted by Crippen LogP contribution is 2.14. The van der Waals surface area contributed by atoms with Crippen LogP contribution in [0.4, 0.5) is 5.69 Å². The summed E-state index contributed by atoms with van der Waals surface area (Å²) in [6.07, 6.45) is 0. The van der Waals surface area contributed by atoms with Gasteiger partial charge in [-0.05, 0) is 44.0 Å². The molecule has 0 amide bonds. The average Bonchev–Trinajstić information content (AvgIpc) is 2.11. The van der Waals surface area contributed by atoms with Gasteiger partial charge in [0.25, 0.3) is 0 Å². The molecule has 1 atom stereocenters. The van der Waals surface area contributed by atoms with Gasteiger partial charge in [-0.2, -0.15) is 0 Å². The third kappa shape index (κ3) is 3.80. The lowest BCUT2D eigenvalue weighted by molar-refractivity contribution is -0.137. The topological polar surface area (TPSA) is 49.3 Å². The van der Waals surface area contributed by atoms with Gasteiger partial charge in [0.1, 0.15) is 6.04 Å². The number of carboxylic acid groups (broad SMARTS) is 1. The molecule has 0 unspecified atom stereocenters. The fourth-order valence-corrected chi connectivity index (χ4v) is 1.14. The van der Waals surface area contributed by atoms with Gasteiger partial charge in [0.2, 0.25) is 0 Å². The first kappa shape index (κ1) is 13.8. The van der Waals surface area contributed by atoms with Crippen molar-refractivity contribution >= 4 is 24.1 Å². The Morgan fingerprint density at radius 1 is 1.33 bits per heavy atom. The van der Waals surface area contributed by atoms with E-state index in [1.54, 1.807) is 6.92 Å². The predicted octanol–water partition coefficient (Wildman–Crippen LogP) is 2.61. The number of aryl methyl sites for hydroxylation is 2. The SMILES string of the molecule is Cc1ccc(N[C@H](C)C(=O)O)cc1C.Cl. The Morgan fingerprint density at radius 2 is 1.93 bits per heavy atom. The number of nitrogens with one attached hydrogen (secondary N) is 1. The molecule has 0 bridgehead atoms. The Labute approximate surface area is 95.9 Å². The number of hydrogen-bond donors (Lipinski definition) is 2. The van der Waals surface area contributed by atoms with Crippen LogP contribution in [0.25, 0.3) is 0 Å². The molecule has 1 rings (SSSR count).